The predicted molar refractivity (Wildman–Crippen MR) is 48.6 cm³/mol. The summed E-state index contributed by atoms with van der Waals surface area (Å²) in [6.45, 7) is 6.45. The van der Waals surface area contributed by atoms with E-state index in [-0.39, 0.29) is 37.4 Å². The normalized spacial score (nSPS) is 11.7. The molecule has 78 valence electrons. The molecule has 0 heterocycles. The summed E-state index contributed by atoms with van der Waals surface area (Å²) in [6, 6.07) is 0. The summed E-state index contributed by atoms with van der Waals surface area (Å²) in [6.07, 6.45) is 0.0845. The Kier molecular flexibility index (Phi) is 6.01. The van der Waals surface area contributed by atoms with Crippen LogP contribution < -0.4 is 29.6 Å². The van der Waals surface area contributed by atoms with Gasteiger partial charge in [-0.05, 0) is 11.8 Å². The van der Waals surface area contributed by atoms with Crippen molar-refractivity contribution in [3.05, 3.63) is 0 Å². The average Bonchev–Trinajstić information content (AvgIpc) is 1.83. The second kappa shape index (κ2) is 5.14. The fourth-order valence-corrected chi connectivity index (χ4v) is 1.57. The molecule has 0 aromatic rings. The molecule has 0 bridgehead atoms. The van der Waals surface area contributed by atoms with Crippen molar-refractivity contribution in [2.24, 2.45) is 10.8 Å². The van der Waals surface area contributed by atoms with Gasteiger partial charge < -0.3 is 11.6 Å². The third-order valence-corrected chi connectivity index (χ3v) is 2.54. The van der Waals surface area contributed by atoms with E-state index in [2.05, 4.69) is 0 Å². The van der Waals surface area contributed by atoms with E-state index in [0.717, 1.165) is 0 Å². The van der Waals surface area contributed by atoms with Crippen LogP contribution in [0.2, 0.25) is 0 Å². The maximum atomic E-state index is 11.0. The molecule has 0 amide bonds. The van der Waals surface area contributed by atoms with E-state index in [9.17, 15) is 9.59 Å². The van der Waals surface area contributed by atoms with Gasteiger partial charge in [-0.1, -0.05) is 27.7 Å². The van der Waals surface area contributed by atoms with Crippen LogP contribution in [0.15, 0.2) is 0 Å². The molecule has 0 spiro atoms. The van der Waals surface area contributed by atoms with Crippen LogP contribution in [-0.2, 0) is 9.59 Å². The van der Waals surface area contributed by atoms with Crippen LogP contribution in [-0.4, -0.2) is 22.2 Å². The van der Waals surface area contributed by atoms with E-state index < -0.39 is 22.8 Å². The summed E-state index contributed by atoms with van der Waals surface area (Å²) in [5.74, 6) is -2.54. The summed E-state index contributed by atoms with van der Waals surface area (Å²) in [4.78, 5) is 21.9. The van der Waals surface area contributed by atoms with Crippen molar-refractivity contribution in [1.82, 2.24) is 0 Å². The van der Waals surface area contributed by atoms with E-state index in [1.165, 1.54) is 0 Å². The average molecular weight is 212 g/mol. The van der Waals surface area contributed by atoms with Crippen molar-refractivity contribution < 1.29 is 50.8 Å². The minimum absolute atomic E-state index is 0. The number of aliphatic carboxylic acids is 2. The second-order valence-electron chi connectivity index (χ2n) is 4.12. The van der Waals surface area contributed by atoms with Gasteiger partial charge in [-0.25, -0.2) is 0 Å². The zero-order valence-corrected chi connectivity index (χ0v) is 11.4. The minimum atomic E-state index is -1.69. The number of rotatable bonds is 3. The SMILES string of the molecule is CCC(C(=O)O)(C(=O)O)C(C)(C)C.[H-].[Na+]. The van der Waals surface area contributed by atoms with Gasteiger partial charge in [0.05, 0.1) is 0 Å². The number of carboxylic acids is 2. The third kappa shape index (κ3) is 2.49. The molecule has 0 aromatic carbocycles. The Bertz CT molecular complexity index is 221. The van der Waals surface area contributed by atoms with Gasteiger partial charge in [0.15, 0.2) is 5.41 Å². The van der Waals surface area contributed by atoms with Gasteiger partial charge in [0.1, 0.15) is 0 Å². The van der Waals surface area contributed by atoms with Crippen molar-refractivity contribution in [3.63, 3.8) is 0 Å². The standard InChI is InChI=1S/C9H16O4.Na.H/c1-5-9(6(10)11,7(12)13)8(2,3)4;;/h5H2,1-4H3,(H,10,11)(H,12,13);;/q;+1;-1. The summed E-state index contributed by atoms with van der Waals surface area (Å²) in [7, 11) is 0. The molecule has 0 unspecified atom stereocenters. The van der Waals surface area contributed by atoms with Gasteiger partial charge in [0.25, 0.3) is 0 Å². The molecule has 0 fully saturated rings. The van der Waals surface area contributed by atoms with E-state index in [4.69, 9.17) is 10.2 Å². The fourth-order valence-electron chi connectivity index (χ4n) is 1.57. The first-order chi connectivity index (χ1) is 5.70. The molecule has 14 heavy (non-hydrogen) atoms. The number of hydrogen-bond donors (Lipinski definition) is 2. The molecule has 0 saturated heterocycles. The second-order valence-corrected chi connectivity index (χ2v) is 4.12. The molecule has 0 radical (unpaired) electrons. The Balaban J connectivity index is -0.000000720. The van der Waals surface area contributed by atoms with Gasteiger partial charge in [-0.3, -0.25) is 9.59 Å². The van der Waals surface area contributed by atoms with Crippen molar-refractivity contribution in [1.29, 1.82) is 0 Å². The predicted octanol–water partition coefficient (Wildman–Crippen LogP) is -1.29. The van der Waals surface area contributed by atoms with Crippen molar-refractivity contribution in [2.75, 3.05) is 0 Å². The Labute approximate surface area is 107 Å². The van der Waals surface area contributed by atoms with Gasteiger partial charge in [0, 0.05) is 0 Å². The summed E-state index contributed by atoms with van der Waals surface area (Å²) in [5.41, 5.74) is -2.48. The van der Waals surface area contributed by atoms with Crippen LogP contribution >= 0.6 is 0 Å². The van der Waals surface area contributed by atoms with E-state index in [1.54, 1.807) is 27.7 Å². The Morgan fingerprint density at radius 1 is 1.14 bits per heavy atom. The quantitative estimate of drug-likeness (QED) is 0.451. The molecule has 0 aliphatic carbocycles. The number of carbonyl (C=O) groups is 2. The monoisotopic (exact) mass is 212 g/mol. The van der Waals surface area contributed by atoms with E-state index in [1.807, 2.05) is 0 Å². The largest absolute Gasteiger partial charge is 1.00 e. The molecule has 5 heteroatoms. The Morgan fingerprint density at radius 3 is 1.43 bits per heavy atom. The Hall–Kier alpha value is -0.0600. The first-order valence-electron chi connectivity index (χ1n) is 4.17. The van der Waals surface area contributed by atoms with Crippen molar-refractivity contribution in [2.45, 2.75) is 34.1 Å². The van der Waals surface area contributed by atoms with E-state index >= 15 is 0 Å². The summed E-state index contributed by atoms with van der Waals surface area (Å²) < 4.78 is 0. The molecule has 2 N–H and O–H groups in total. The number of carboxylic acid groups (broad SMARTS) is 2. The van der Waals surface area contributed by atoms with Gasteiger partial charge in [-0.15, -0.1) is 0 Å². The van der Waals surface area contributed by atoms with Crippen LogP contribution in [0.4, 0.5) is 0 Å². The zero-order valence-electron chi connectivity index (χ0n) is 10.4. The van der Waals surface area contributed by atoms with Crippen LogP contribution in [0, 0.1) is 10.8 Å². The van der Waals surface area contributed by atoms with Crippen LogP contribution in [0.1, 0.15) is 35.5 Å². The zero-order chi connectivity index (χ0) is 10.9. The summed E-state index contributed by atoms with van der Waals surface area (Å²) in [5, 5.41) is 17.9. The van der Waals surface area contributed by atoms with Crippen molar-refractivity contribution >= 4 is 11.9 Å². The summed E-state index contributed by atoms with van der Waals surface area (Å²) >= 11 is 0. The van der Waals surface area contributed by atoms with E-state index in [0.29, 0.717) is 0 Å². The van der Waals surface area contributed by atoms with Gasteiger partial charge in [0.2, 0.25) is 0 Å². The first-order valence-corrected chi connectivity index (χ1v) is 4.17. The van der Waals surface area contributed by atoms with Crippen LogP contribution in [0.5, 0.6) is 0 Å². The number of hydrogen-bond acceptors (Lipinski definition) is 2. The fraction of sp³-hybridized carbons (Fsp3) is 0.778. The third-order valence-electron chi connectivity index (χ3n) is 2.54. The maximum absolute atomic E-state index is 11.0. The van der Waals surface area contributed by atoms with Gasteiger partial charge in [-0.2, -0.15) is 0 Å². The molecule has 0 rings (SSSR count). The molecule has 0 aliphatic heterocycles. The minimum Gasteiger partial charge on any atom is -1.00 e. The maximum Gasteiger partial charge on any atom is 1.00 e. The molecule has 4 nitrogen and oxygen atoms in total. The first kappa shape index (κ1) is 16.4. The smallest absolute Gasteiger partial charge is 1.00 e. The molecular weight excluding hydrogens is 195 g/mol. The molecule has 0 atom stereocenters. The molecule has 0 aliphatic rings. The molecule has 0 saturated carbocycles. The topological polar surface area (TPSA) is 74.6 Å². The van der Waals surface area contributed by atoms with Crippen LogP contribution in [0.3, 0.4) is 0 Å². The molecular formula is C9H17NaO4. The molecule has 0 aromatic heterocycles. The van der Waals surface area contributed by atoms with Crippen molar-refractivity contribution in [3.8, 4) is 0 Å². The van der Waals surface area contributed by atoms with Crippen LogP contribution in [0.25, 0.3) is 0 Å². The Morgan fingerprint density at radius 2 is 1.43 bits per heavy atom. The van der Waals surface area contributed by atoms with Gasteiger partial charge >= 0.3 is 41.5 Å².